The molecule has 39 heavy (non-hydrogen) atoms. The Kier molecular flexibility index (Phi) is 6.79. The number of ketones is 1. The third kappa shape index (κ3) is 4.93. The van der Waals surface area contributed by atoms with E-state index in [9.17, 15) is 29.9 Å². The number of anilines is 1. The van der Waals surface area contributed by atoms with E-state index in [4.69, 9.17) is 4.74 Å². The van der Waals surface area contributed by atoms with Crippen molar-refractivity contribution in [3.8, 4) is 11.1 Å². The Morgan fingerprint density at radius 2 is 1.56 bits per heavy atom. The number of rotatable bonds is 8. The first kappa shape index (κ1) is 25.2. The zero-order valence-corrected chi connectivity index (χ0v) is 20.3. The van der Waals surface area contributed by atoms with E-state index in [2.05, 4.69) is 5.32 Å². The Morgan fingerprint density at radius 3 is 2.31 bits per heavy atom. The van der Waals surface area contributed by atoms with Gasteiger partial charge < -0.3 is 20.3 Å². The van der Waals surface area contributed by atoms with Crippen molar-refractivity contribution in [2.75, 3.05) is 5.32 Å². The minimum atomic E-state index is -1.64. The van der Waals surface area contributed by atoms with Crippen molar-refractivity contribution in [1.29, 1.82) is 0 Å². The molecule has 0 saturated heterocycles. The number of esters is 1. The number of non-ortho nitro benzene ring substituents is 1. The number of carbonyl (C=O) groups is 2. The van der Waals surface area contributed by atoms with Crippen molar-refractivity contribution >= 4 is 23.1 Å². The summed E-state index contributed by atoms with van der Waals surface area (Å²) in [6, 6.07) is 27.4. The molecule has 2 unspecified atom stereocenters. The second kappa shape index (κ2) is 10.5. The zero-order chi connectivity index (χ0) is 27.5. The third-order valence-electron chi connectivity index (χ3n) is 6.42. The smallest absolute Gasteiger partial charge is 0.339 e. The molecule has 0 bridgehead atoms. The molecule has 9 heteroatoms. The van der Waals surface area contributed by atoms with E-state index in [1.165, 1.54) is 24.3 Å². The van der Waals surface area contributed by atoms with Crippen molar-refractivity contribution in [3.63, 3.8) is 0 Å². The van der Waals surface area contributed by atoms with Gasteiger partial charge >= 0.3 is 5.97 Å². The average molecular weight is 522 g/mol. The first-order valence-corrected chi connectivity index (χ1v) is 12.0. The lowest BCUT2D eigenvalue weighted by Crippen LogP contribution is -2.33. The molecule has 4 aromatic rings. The van der Waals surface area contributed by atoms with Crippen molar-refractivity contribution < 1.29 is 29.5 Å². The van der Waals surface area contributed by atoms with Gasteiger partial charge in [-0.15, -0.1) is 0 Å². The summed E-state index contributed by atoms with van der Waals surface area (Å²) in [7, 11) is 0. The molecule has 0 spiro atoms. The number of aliphatic hydroxyl groups excluding tert-OH is 1. The van der Waals surface area contributed by atoms with Gasteiger partial charge in [0.25, 0.3) is 5.69 Å². The second-order valence-electron chi connectivity index (χ2n) is 8.81. The normalized spacial score (nSPS) is 15.5. The topological polar surface area (TPSA) is 142 Å². The van der Waals surface area contributed by atoms with Gasteiger partial charge in [0.15, 0.2) is 11.7 Å². The fraction of sp³-hybridized carbons (Fsp3) is 0.0667. The number of fused-ring (bicyclic) bond motifs is 1. The summed E-state index contributed by atoms with van der Waals surface area (Å²) in [6.45, 7) is 0. The number of Topliss-reactive ketones (excluding diaryl/α,β-unsaturated/α-hetero) is 1. The molecule has 0 aliphatic carbocycles. The number of ether oxygens (including phenoxy) is 1. The SMILES string of the molecule is O=C1OC(C(C(=O)c2ccccc2-c2ccccc2)C([O-])=C(O)Nc2cccc([N+](=O)[O-])c2)c2ccccc21. The number of carbonyl (C=O) groups excluding carboxylic acids is 2. The monoisotopic (exact) mass is 521 g/mol. The van der Waals surface area contributed by atoms with Crippen molar-refractivity contribution in [2.45, 2.75) is 6.10 Å². The number of hydrogen-bond donors (Lipinski definition) is 2. The number of hydrogen-bond acceptors (Lipinski definition) is 8. The van der Waals surface area contributed by atoms with Crippen LogP contribution in [0.25, 0.3) is 11.1 Å². The van der Waals surface area contributed by atoms with Gasteiger partial charge in [-0.05, 0) is 23.3 Å². The van der Waals surface area contributed by atoms with E-state index in [-0.39, 0.29) is 22.5 Å². The first-order chi connectivity index (χ1) is 18.8. The molecule has 0 amide bonds. The quantitative estimate of drug-likeness (QED) is 0.106. The average Bonchev–Trinajstić information content (AvgIpc) is 3.29. The Labute approximate surface area is 222 Å². The molecule has 5 rings (SSSR count). The summed E-state index contributed by atoms with van der Waals surface area (Å²) >= 11 is 0. The summed E-state index contributed by atoms with van der Waals surface area (Å²) < 4.78 is 5.53. The highest BCUT2D eigenvalue weighted by Crippen LogP contribution is 2.41. The molecule has 0 aromatic heterocycles. The molecule has 1 aliphatic heterocycles. The highest BCUT2D eigenvalue weighted by molar-refractivity contribution is 6.06. The number of nitrogens with one attached hydrogen (secondary N) is 1. The second-order valence-corrected chi connectivity index (χ2v) is 8.81. The molecule has 1 heterocycles. The van der Waals surface area contributed by atoms with Crippen molar-refractivity contribution in [3.05, 3.63) is 142 Å². The van der Waals surface area contributed by atoms with Crippen LogP contribution in [0.3, 0.4) is 0 Å². The fourth-order valence-electron chi connectivity index (χ4n) is 4.59. The van der Waals surface area contributed by atoms with E-state index in [0.717, 1.165) is 11.6 Å². The van der Waals surface area contributed by atoms with Crippen molar-refractivity contribution in [1.82, 2.24) is 0 Å². The Hall–Kier alpha value is -5.44. The predicted octanol–water partition coefficient (Wildman–Crippen LogP) is 5.17. The Morgan fingerprint density at radius 1 is 0.897 bits per heavy atom. The largest absolute Gasteiger partial charge is 0.871 e. The lowest BCUT2D eigenvalue weighted by Gasteiger charge is -2.30. The van der Waals surface area contributed by atoms with Gasteiger partial charge in [-0.1, -0.05) is 84.6 Å². The van der Waals surface area contributed by atoms with Gasteiger partial charge in [0.2, 0.25) is 0 Å². The van der Waals surface area contributed by atoms with Gasteiger partial charge in [-0.3, -0.25) is 14.9 Å². The number of benzene rings is 4. The van der Waals surface area contributed by atoms with Gasteiger partial charge in [-0.2, -0.15) is 0 Å². The molecule has 4 aromatic carbocycles. The highest BCUT2D eigenvalue weighted by Gasteiger charge is 2.41. The predicted molar refractivity (Wildman–Crippen MR) is 141 cm³/mol. The molecule has 2 N–H and O–H groups in total. The molecular weight excluding hydrogens is 500 g/mol. The maximum atomic E-state index is 14.1. The standard InChI is InChI=1S/C30H22N2O7/c33-26(22-14-5-4-13-21(22)18-9-2-1-3-10-18)25(28-23-15-6-7-16-24(23)30(36)39-28)27(34)29(35)31-19-11-8-12-20(17-19)32(37)38/h1-17,25,28,31,34-35H/p-1. The van der Waals surface area contributed by atoms with Gasteiger partial charge in [0.1, 0.15) is 6.10 Å². The number of nitro groups is 1. The van der Waals surface area contributed by atoms with E-state index in [0.29, 0.717) is 11.1 Å². The van der Waals surface area contributed by atoms with E-state index in [1.807, 2.05) is 30.3 Å². The fourth-order valence-corrected chi connectivity index (χ4v) is 4.59. The van der Waals surface area contributed by atoms with Crippen LogP contribution in [-0.2, 0) is 4.74 Å². The van der Waals surface area contributed by atoms with Crippen LogP contribution >= 0.6 is 0 Å². The molecule has 0 saturated carbocycles. The lowest BCUT2D eigenvalue weighted by molar-refractivity contribution is -0.384. The highest BCUT2D eigenvalue weighted by atomic mass is 16.6. The Bertz CT molecular complexity index is 1610. The van der Waals surface area contributed by atoms with Gasteiger partial charge in [-0.25, -0.2) is 4.79 Å². The summed E-state index contributed by atoms with van der Waals surface area (Å²) in [5, 5.41) is 38.2. The minimum Gasteiger partial charge on any atom is -0.871 e. The van der Waals surface area contributed by atoms with Gasteiger partial charge in [0.05, 0.1) is 16.4 Å². The third-order valence-corrected chi connectivity index (χ3v) is 6.42. The summed E-state index contributed by atoms with van der Waals surface area (Å²) in [5.74, 6) is -4.96. The maximum absolute atomic E-state index is 14.1. The lowest BCUT2D eigenvalue weighted by atomic mass is 9.84. The van der Waals surface area contributed by atoms with Crippen LogP contribution in [0, 0.1) is 16.0 Å². The summed E-state index contributed by atoms with van der Waals surface area (Å²) in [4.78, 5) is 37.3. The molecule has 1 aliphatic rings. The van der Waals surface area contributed by atoms with Crippen LogP contribution in [0.1, 0.15) is 32.4 Å². The Balaban J connectivity index is 1.61. The van der Waals surface area contributed by atoms with E-state index >= 15 is 0 Å². The van der Waals surface area contributed by atoms with Crippen LogP contribution in [0.15, 0.2) is 115 Å². The number of nitrogens with zero attached hydrogens (tertiary/aromatic N) is 1. The summed E-state index contributed by atoms with van der Waals surface area (Å²) in [6.07, 6.45) is -1.30. The van der Waals surface area contributed by atoms with Crippen molar-refractivity contribution in [2.24, 2.45) is 5.92 Å². The number of cyclic esters (lactones) is 1. The van der Waals surface area contributed by atoms with Crippen LogP contribution in [-0.4, -0.2) is 21.8 Å². The number of nitro benzene ring substituents is 1. The molecule has 2 atom stereocenters. The maximum Gasteiger partial charge on any atom is 0.339 e. The molecule has 0 radical (unpaired) electrons. The molecule has 194 valence electrons. The van der Waals surface area contributed by atoms with Crippen LogP contribution in [0.2, 0.25) is 0 Å². The van der Waals surface area contributed by atoms with Crippen LogP contribution < -0.4 is 10.4 Å². The summed E-state index contributed by atoms with van der Waals surface area (Å²) in [5.41, 5.74) is 1.86. The molecule has 0 fully saturated rings. The molecule has 9 nitrogen and oxygen atoms in total. The first-order valence-electron chi connectivity index (χ1n) is 12.0. The molecular formula is C30H21N2O7-. The van der Waals surface area contributed by atoms with Crippen LogP contribution in [0.4, 0.5) is 11.4 Å². The zero-order valence-electron chi connectivity index (χ0n) is 20.3. The van der Waals surface area contributed by atoms with Gasteiger partial charge in [0, 0.05) is 28.9 Å². The van der Waals surface area contributed by atoms with E-state index < -0.39 is 40.3 Å². The number of aliphatic hydroxyl groups is 1. The van der Waals surface area contributed by atoms with Crippen LogP contribution in [0.5, 0.6) is 0 Å². The van der Waals surface area contributed by atoms with E-state index in [1.54, 1.807) is 42.5 Å². The minimum absolute atomic E-state index is 0.0646.